The number of aliphatic hydroxyl groups excluding tert-OH is 2. The first kappa shape index (κ1) is 64.1. The molecule has 1 rings (SSSR count). The van der Waals surface area contributed by atoms with Crippen LogP contribution in [0.5, 0.6) is 0 Å². The third-order valence-corrected chi connectivity index (χ3v) is 11.0. The molecule has 1 aliphatic heterocycles. The summed E-state index contributed by atoms with van der Waals surface area (Å²) in [5, 5.41) is 31.3. The predicted molar refractivity (Wildman–Crippen MR) is 284 cm³/mol. The molecule has 0 aromatic rings. The number of hydrogen-bond donors (Lipinski definition) is 3. The van der Waals surface area contributed by atoms with Gasteiger partial charge in [0.15, 0.2) is 24.6 Å². The van der Waals surface area contributed by atoms with E-state index in [0.29, 0.717) is 25.7 Å². The van der Waals surface area contributed by atoms with Crippen molar-refractivity contribution in [3.63, 3.8) is 0 Å². The fourth-order valence-electron chi connectivity index (χ4n) is 7.00. The van der Waals surface area contributed by atoms with E-state index in [0.717, 1.165) is 109 Å². The summed E-state index contributed by atoms with van der Waals surface area (Å²) < 4.78 is 28.1. The average Bonchev–Trinajstić information content (AvgIpc) is 3.35. The number of carbonyl (C=O) groups is 4. The standard InChI is InChI=1S/C59H90O12/c1-4-7-10-13-16-19-22-25-26-29-30-33-36-39-42-45-51(60)67-48-50(69-52(61)46-43-40-37-34-31-27-23-20-17-14-11-8-5-2)49-68-59-57(55(64)54(63)56(71-59)58(65)66)70-53(62)47-44-41-38-35-32-28-24-21-18-15-12-9-6-3/h7,9-12,14,16,18-21,23,25-26,28,30,32-33,38,41,50,54-57,59,63-64H,4-6,8,13,15,17,22,24,27,29,31,34-37,39-40,42-49H2,1-3H3,(H,65,66)/b10-7-,12-9-,14-11-,19-16-,21-18-,23-20-,26-25-,32-28-,33-30-,41-38-. The molecule has 6 atom stereocenters. The van der Waals surface area contributed by atoms with Gasteiger partial charge >= 0.3 is 23.9 Å². The minimum absolute atomic E-state index is 0.0731. The highest BCUT2D eigenvalue weighted by Crippen LogP contribution is 2.26. The van der Waals surface area contributed by atoms with Gasteiger partial charge in [-0.15, -0.1) is 0 Å². The summed E-state index contributed by atoms with van der Waals surface area (Å²) in [7, 11) is 0. The van der Waals surface area contributed by atoms with E-state index in [1.54, 1.807) is 0 Å². The van der Waals surface area contributed by atoms with E-state index in [1.165, 1.54) is 0 Å². The molecule has 6 unspecified atom stereocenters. The SMILES string of the molecule is CC/C=C\C/C=C\C/C=C\C/C=C\CCCCC(=O)OCC(COC1OC(C(=O)O)C(O)C(O)C1OC(=O)CC/C=C\C/C=C\C/C=C\C/C=C\CC)OC(=O)CCCCCCC/C=C\C/C=C\CCC. The van der Waals surface area contributed by atoms with Gasteiger partial charge in [0.1, 0.15) is 18.8 Å². The Morgan fingerprint density at radius 3 is 1.44 bits per heavy atom. The lowest BCUT2D eigenvalue weighted by atomic mass is 9.98. The smallest absolute Gasteiger partial charge is 0.335 e. The minimum Gasteiger partial charge on any atom is -0.479 e. The van der Waals surface area contributed by atoms with E-state index < -0.39 is 67.3 Å². The maximum atomic E-state index is 13.1. The van der Waals surface area contributed by atoms with Crippen LogP contribution in [0.2, 0.25) is 0 Å². The molecule has 3 N–H and O–H groups in total. The summed E-state index contributed by atoms with van der Waals surface area (Å²) >= 11 is 0. The van der Waals surface area contributed by atoms with Gasteiger partial charge in [0, 0.05) is 19.3 Å². The van der Waals surface area contributed by atoms with Crippen molar-refractivity contribution in [1.82, 2.24) is 0 Å². The molecule has 12 nitrogen and oxygen atoms in total. The van der Waals surface area contributed by atoms with Gasteiger partial charge in [-0.05, 0) is 109 Å². The largest absolute Gasteiger partial charge is 0.479 e. The summed E-state index contributed by atoms with van der Waals surface area (Å²) in [6.45, 7) is 5.57. The summed E-state index contributed by atoms with van der Waals surface area (Å²) in [4.78, 5) is 50.8. The second-order valence-corrected chi connectivity index (χ2v) is 17.4. The van der Waals surface area contributed by atoms with Crippen molar-refractivity contribution in [1.29, 1.82) is 0 Å². The van der Waals surface area contributed by atoms with E-state index in [-0.39, 0.29) is 25.9 Å². The number of aliphatic carboxylic acids is 1. The topological polar surface area (TPSA) is 175 Å². The second-order valence-electron chi connectivity index (χ2n) is 17.4. The molecule has 398 valence electrons. The van der Waals surface area contributed by atoms with Crippen molar-refractivity contribution in [2.45, 2.75) is 212 Å². The molecule has 0 radical (unpaired) electrons. The monoisotopic (exact) mass is 991 g/mol. The molecule has 1 saturated heterocycles. The molecule has 0 spiro atoms. The molecule has 0 saturated carbocycles. The number of hydrogen-bond acceptors (Lipinski definition) is 11. The van der Waals surface area contributed by atoms with Crippen LogP contribution >= 0.6 is 0 Å². The highest BCUT2D eigenvalue weighted by Gasteiger charge is 2.50. The number of carboxylic acids is 1. The first-order valence-corrected chi connectivity index (χ1v) is 26.5. The lowest BCUT2D eigenvalue weighted by Crippen LogP contribution is -2.61. The normalized spacial score (nSPS) is 19.5. The van der Waals surface area contributed by atoms with Gasteiger partial charge < -0.3 is 39.0 Å². The van der Waals surface area contributed by atoms with Crippen molar-refractivity contribution in [2.75, 3.05) is 13.2 Å². The summed E-state index contributed by atoms with van der Waals surface area (Å²) in [5.74, 6) is -3.33. The number of carboxylic acid groups (broad SMARTS) is 1. The van der Waals surface area contributed by atoms with Crippen molar-refractivity contribution >= 4 is 23.9 Å². The Bertz CT molecular complexity index is 1700. The lowest BCUT2D eigenvalue weighted by molar-refractivity contribution is -0.301. The number of rotatable bonds is 42. The van der Waals surface area contributed by atoms with Gasteiger partial charge in [-0.25, -0.2) is 4.79 Å². The van der Waals surface area contributed by atoms with Crippen molar-refractivity contribution in [3.05, 3.63) is 122 Å². The first-order chi connectivity index (χ1) is 34.6. The highest BCUT2D eigenvalue weighted by molar-refractivity contribution is 5.74. The van der Waals surface area contributed by atoms with Gasteiger partial charge in [0.25, 0.3) is 0 Å². The quantitative estimate of drug-likeness (QED) is 0.0229. The Kier molecular flexibility index (Phi) is 41.7. The summed E-state index contributed by atoms with van der Waals surface area (Å²) in [6, 6.07) is 0. The highest BCUT2D eigenvalue weighted by atomic mass is 16.7. The van der Waals surface area contributed by atoms with E-state index in [4.69, 9.17) is 23.7 Å². The van der Waals surface area contributed by atoms with Gasteiger partial charge in [0.2, 0.25) is 0 Å². The number of allylic oxidation sites excluding steroid dienone is 20. The van der Waals surface area contributed by atoms with E-state index in [1.807, 2.05) is 18.2 Å². The minimum atomic E-state index is -1.94. The Hall–Kier alpha value is -4.88. The fourth-order valence-corrected chi connectivity index (χ4v) is 7.00. The van der Waals surface area contributed by atoms with Crippen molar-refractivity contribution < 1.29 is 58.2 Å². The van der Waals surface area contributed by atoms with Crippen molar-refractivity contribution in [3.8, 4) is 0 Å². The number of esters is 3. The predicted octanol–water partition coefficient (Wildman–Crippen LogP) is 12.9. The van der Waals surface area contributed by atoms with Gasteiger partial charge in [0.05, 0.1) is 6.61 Å². The Morgan fingerprint density at radius 2 is 0.915 bits per heavy atom. The Balaban J connectivity index is 2.82. The molecular weight excluding hydrogens is 901 g/mol. The molecule has 1 fully saturated rings. The molecule has 0 bridgehead atoms. The zero-order valence-corrected chi connectivity index (χ0v) is 43.4. The van der Waals surface area contributed by atoms with Crippen LogP contribution in [0.15, 0.2) is 122 Å². The molecule has 71 heavy (non-hydrogen) atoms. The molecule has 12 heteroatoms. The van der Waals surface area contributed by atoms with E-state index in [9.17, 15) is 34.5 Å². The van der Waals surface area contributed by atoms with Crippen LogP contribution in [0.25, 0.3) is 0 Å². The molecule has 0 aromatic heterocycles. The van der Waals surface area contributed by atoms with E-state index in [2.05, 4.69) is 124 Å². The van der Waals surface area contributed by atoms with Gasteiger partial charge in [-0.3, -0.25) is 14.4 Å². The lowest BCUT2D eigenvalue weighted by Gasteiger charge is -2.40. The Labute approximate surface area is 427 Å². The van der Waals surface area contributed by atoms with Crippen LogP contribution in [0, 0.1) is 0 Å². The summed E-state index contributed by atoms with van der Waals surface area (Å²) in [5.41, 5.74) is 0. The number of aliphatic hydroxyl groups is 2. The number of carbonyl (C=O) groups excluding carboxylic acids is 3. The molecule has 1 heterocycles. The molecule has 0 aliphatic carbocycles. The average molecular weight is 991 g/mol. The molecular formula is C59H90O12. The first-order valence-electron chi connectivity index (χ1n) is 26.5. The summed E-state index contributed by atoms with van der Waals surface area (Å²) in [6.07, 6.45) is 50.6. The maximum absolute atomic E-state index is 13.1. The zero-order valence-electron chi connectivity index (χ0n) is 43.4. The van der Waals surface area contributed by atoms with Crippen molar-refractivity contribution in [2.24, 2.45) is 0 Å². The van der Waals surface area contributed by atoms with Crippen LogP contribution in [-0.4, -0.2) is 89.2 Å². The van der Waals surface area contributed by atoms with Crippen LogP contribution in [0.4, 0.5) is 0 Å². The zero-order chi connectivity index (χ0) is 51.8. The molecule has 0 amide bonds. The second kappa shape index (κ2) is 46.2. The third kappa shape index (κ3) is 36.7. The van der Waals surface area contributed by atoms with Gasteiger partial charge in [-0.2, -0.15) is 0 Å². The van der Waals surface area contributed by atoms with Crippen LogP contribution in [-0.2, 0) is 42.9 Å². The van der Waals surface area contributed by atoms with E-state index >= 15 is 0 Å². The fraction of sp³-hybridized carbons (Fsp3) is 0.593. The van der Waals surface area contributed by atoms with Crippen LogP contribution in [0.3, 0.4) is 0 Å². The maximum Gasteiger partial charge on any atom is 0.335 e. The Morgan fingerprint density at radius 1 is 0.479 bits per heavy atom. The van der Waals surface area contributed by atoms with Crippen LogP contribution in [0.1, 0.15) is 175 Å². The number of ether oxygens (including phenoxy) is 5. The molecule has 0 aromatic carbocycles. The third-order valence-electron chi connectivity index (χ3n) is 11.0. The molecule has 1 aliphatic rings. The number of unbranched alkanes of at least 4 members (excludes halogenated alkanes) is 8. The van der Waals surface area contributed by atoms with Crippen LogP contribution < -0.4 is 0 Å². The van der Waals surface area contributed by atoms with Gasteiger partial charge in [-0.1, -0.05) is 168 Å².